The molecule has 0 aromatic heterocycles. The van der Waals surface area contributed by atoms with Gasteiger partial charge in [0.05, 0.1) is 11.3 Å². The second-order valence-electron chi connectivity index (χ2n) is 4.02. The van der Waals surface area contributed by atoms with E-state index in [0.29, 0.717) is 16.9 Å². The zero-order chi connectivity index (χ0) is 11.5. The van der Waals surface area contributed by atoms with Crippen LogP contribution < -0.4 is 5.32 Å². The summed E-state index contributed by atoms with van der Waals surface area (Å²) in [5, 5.41) is 12.9. The highest BCUT2D eigenvalue weighted by Gasteiger charge is 2.22. The third kappa shape index (κ3) is 2.48. The van der Waals surface area contributed by atoms with E-state index in [4.69, 9.17) is 5.26 Å². The first kappa shape index (κ1) is 11.3. The lowest BCUT2D eigenvalue weighted by molar-refractivity contribution is 0.627. The average molecular weight is 236 g/mol. The molecule has 84 valence electrons. The van der Waals surface area contributed by atoms with Crippen molar-refractivity contribution in [2.45, 2.75) is 24.6 Å². The number of hydrogen-bond acceptors (Lipinski definition) is 3. The van der Waals surface area contributed by atoms with Gasteiger partial charge in [0.25, 0.3) is 0 Å². The Morgan fingerprint density at radius 1 is 1.56 bits per heavy atom. The van der Waals surface area contributed by atoms with Gasteiger partial charge in [-0.15, -0.1) is 0 Å². The van der Waals surface area contributed by atoms with Gasteiger partial charge in [-0.1, -0.05) is 6.92 Å². The molecule has 2 unspecified atom stereocenters. The highest BCUT2D eigenvalue weighted by molar-refractivity contribution is 8.00. The van der Waals surface area contributed by atoms with Crippen LogP contribution in [0.2, 0.25) is 0 Å². The van der Waals surface area contributed by atoms with Crippen molar-refractivity contribution in [3.8, 4) is 6.07 Å². The first-order chi connectivity index (χ1) is 7.69. The first-order valence-electron chi connectivity index (χ1n) is 5.27. The van der Waals surface area contributed by atoms with Crippen molar-refractivity contribution in [1.29, 1.82) is 5.26 Å². The number of benzene rings is 1. The van der Waals surface area contributed by atoms with Gasteiger partial charge in [0, 0.05) is 17.0 Å². The molecule has 0 aliphatic carbocycles. The average Bonchev–Trinajstić information content (AvgIpc) is 2.67. The summed E-state index contributed by atoms with van der Waals surface area (Å²) < 4.78 is 12.9. The molecule has 0 bridgehead atoms. The van der Waals surface area contributed by atoms with Gasteiger partial charge in [0.2, 0.25) is 0 Å². The first-order valence-corrected chi connectivity index (χ1v) is 6.31. The maximum atomic E-state index is 12.9. The molecule has 0 amide bonds. The number of nitriles is 1. The van der Waals surface area contributed by atoms with E-state index < -0.39 is 0 Å². The third-order valence-electron chi connectivity index (χ3n) is 2.66. The lowest BCUT2D eigenvalue weighted by Crippen LogP contribution is -2.19. The number of nitrogens with one attached hydrogen (secondary N) is 1. The number of rotatable bonds is 2. The summed E-state index contributed by atoms with van der Waals surface area (Å²) in [4.78, 5) is 0. The number of hydrogen-bond donors (Lipinski definition) is 1. The van der Waals surface area contributed by atoms with Gasteiger partial charge >= 0.3 is 0 Å². The van der Waals surface area contributed by atoms with Crippen molar-refractivity contribution >= 4 is 17.4 Å². The zero-order valence-electron chi connectivity index (χ0n) is 9.03. The largest absolute Gasteiger partial charge is 0.380 e. The number of thioether (sulfide) groups is 1. The van der Waals surface area contributed by atoms with Gasteiger partial charge in [-0.05, 0) is 24.6 Å². The summed E-state index contributed by atoms with van der Waals surface area (Å²) in [5.74, 6) is 0.680. The third-order valence-corrected chi connectivity index (χ3v) is 4.02. The Hall–Kier alpha value is -1.21. The zero-order valence-corrected chi connectivity index (χ0v) is 9.85. The van der Waals surface area contributed by atoms with Crippen LogP contribution in [0.15, 0.2) is 18.2 Å². The van der Waals surface area contributed by atoms with Crippen molar-refractivity contribution < 1.29 is 4.39 Å². The summed E-state index contributed by atoms with van der Waals surface area (Å²) in [6.45, 7) is 2.20. The molecule has 0 saturated carbocycles. The van der Waals surface area contributed by atoms with Gasteiger partial charge in [0.1, 0.15) is 11.9 Å². The van der Waals surface area contributed by atoms with Crippen LogP contribution in [0.3, 0.4) is 0 Å². The molecular weight excluding hydrogens is 223 g/mol. The Labute approximate surface area is 98.8 Å². The normalized spacial score (nSPS) is 24.1. The Balaban J connectivity index is 2.12. The molecule has 1 aromatic rings. The van der Waals surface area contributed by atoms with Crippen LogP contribution in [0, 0.1) is 17.1 Å². The molecule has 1 saturated heterocycles. The van der Waals surface area contributed by atoms with E-state index in [0.717, 1.165) is 17.9 Å². The molecule has 0 spiro atoms. The van der Waals surface area contributed by atoms with Crippen molar-refractivity contribution in [2.75, 3.05) is 11.1 Å². The van der Waals surface area contributed by atoms with E-state index in [-0.39, 0.29) is 5.82 Å². The van der Waals surface area contributed by atoms with Crippen molar-refractivity contribution in [1.82, 2.24) is 0 Å². The smallest absolute Gasteiger partial charge is 0.124 e. The molecule has 1 aliphatic heterocycles. The topological polar surface area (TPSA) is 35.8 Å². The van der Waals surface area contributed by atoms with E-state index in [9.17, 15) is 4.39 Å². The Bertz CT molecular complexity index is 428. The monoisotopic (exact) mass is 236 g/mol. The summed E-state index contributed by atoms with van der Waals surface area (Å²) in [7, 11) is 0. The van der Waals surface area contributed by atoms with E-state index in [1.165, 1.54) is 12.1 Å². The fraction of sp³-hybridized carbons (Fsp3) is 0.417. The van der Waals surface area contributed by atoms with Crippen LogP contribution >= 0.6 is 11.8 Å². The van der Waals surface area contributed by atoms with E-state index in [2.05, 4.69) is 12.2 Å². The van der Waals surface area contributed by atoms with Crippen LogP contribution in [0.4, 0.5) is 10.1 Å². The minimum atomic E-state index is -0.365. The predicted octanol–water partition coefficient (Wildman–Crippen LogP) is 3.00. The summed E-state index contributed by atoms with van der Waals surface area (Å²) in [5.41, 5.74) is 1.12. The van der Waals surface area contributed by atoms with Gasteiger partial charge in [-0.25, -0.2) is 4.39 Å². The molecule has 2 rings (SSSR count). The maximum absolute atomic E-state index is 12.9. The number of halogens is 1. The van der Waals surface area contributed by atoms with Gasteiger partial charge in [-0.2, -0.15) is 17.0 Å². The molecular formula is C12H13FN2S. The minimum absolute atomic E-state index is 0.365. The fourth-order valence-corrected chi connectivity index (χ4v) is 3.02. The Morgan fingerprint density at radius 3 is 3.00 bits per heavy atom. The van der Waals surface area contributed by atoms with Crippen molar-refractivity contribution in [3.63, 3.8) is 0 Å². The summed E-state index contributed by atoms with van der Waals surface area (Å²) in [6.07, 6.45) is 1.09. The van der Waals surface area contributed by atoms with Gasteiger partial charge < -0.3 is 5.32 Å². The minimum Gasteiger partial charge on any atom is -0.380 e. The molecule has 1 aromatic carbocycles. The van der Waals surface area contributed by atoms with Gasteiger partial charge in [0.15, 0.2) is 0 Å². The predicted molar refractivity (Wildman–Crippen MR) is 65.1 cm³/mol. The fourth-order valence-electron chi connectivity index (χ4n) is 1.87. The second kappa shape index (κ2) is 4.75. The maximum Gasteiger partial charge on any atom is 0.124 e. The number of anilines is 1. The van der Waals surface area contributed by atoms with Crippen LogP contribution in [-0.4, -0.2) is 17.0 Å². The second-order valence-corrected chi connectivity index (χ2v) is 5.49. The quantitative estimate of drug-likeness (QED) is 0.857. The lowest BCUT2D eigenvalue weighted by atomic mass is 10.1. The van der Waals surface area contributed by atoms with Crippen LogP contribution in [0.5, 0.6) is 0 Å². The summed E-state index contributed by atoms with van der Waals surface area (Å²) >= 11 is 1.92. The molecule has 2 atom stereocenters. The standard InChI is InChI=1S/C12H13FN2S/c1-8-4-11(7-16-8)15-12-3-2-10(13)5-9(12)6-14/h2-3,5,8,11,15H,4,7H2,1H3. The van der Waals surface area contributed by atoms with Crippen LogP contribution in [0.1, 0.15) is 18.9 Å². The number of nitrogens with zero attached hydrogens (tertiary/aromatic N) is 1. The Morgan fingerprint density at radius 2 is 2.38 bits per heavy atom. The lowest BCUT2D eigenvalue weighted by Gasteiger charge is -2.14. The molecule has 1 heterocycles. The molecule has 4 heteroatoms. The van der Waals surface area contributed by atoms with Crippen molar-refractivity contribution in [2.24, 2.45) is 0 Å². The highest BCUT2D eigenvalue weighted by Crippen LogP contribution is 2.29. The molecule has 16 heavy (non-hydrogen) atoms. The van der Waals surface area contributed by atoms with E-state index in [1.807, 2.05) is 17.8 Å². The summed E-state index contributed by atoms with van der Waals surface area (Å²) in [6, 6.07) is 6.69. The van der Waals surface area contributed by atoms with E-state index in [1.54, 1.807) is 6.07 Å². The van der Waals surface area contributed by atoms with E-state index >= 15 is 0 Å². The van der Waals surface area contributed by atoms with Crippen LogP contribution in [0.25, 0.3) is 0 Å². The molecule has 0 radical (unpaired) electrons. The van der Waals surface area contributed by atoms with Crippen molar-refractivity contribution in [3.05, 3.63) is 29.6 Å². The van der Waals surface area contributed by atoms with Gasteiger partial charge in [-0.3, -0.25) is 0 Å². The highest BCUT2D eigenvalue weighted by atomic mass is 32.2. The Kier molecular flexibility index (Phi) is 3.35. The molecule has 1 aliphatic rings. The molecule has 1 fully saturated rings. The SMILES string of the molecule is CC1CC(Nc2ccc(F)cc2C#N)CS1. The molecule has 1 N–H and O–H groups in total. The molecule has 2 nitrogen and oxygen atoms in total. The van der Waals surface area contributed by atoms with Crippen LogP contribution in [-0.2, 0) is 0 Å².